The second-order valence-electron chi connectivity index (χ2n) is 8.12. The Labute approximate surface area is 150 Å². The average molecular weight is 349 g/mol. The number of nitrogens with zero attached hydrogens (tertiary/aromatic N) is 5. The van der Waals surface area contributed by atoms with Crippen LogP contribution in [0.5, 0.6) is 0 Å². The number of fused-ring (bicyclic) bond motifs is 1. The molecule has 2 aliphatic heterocycles. The number of hydrogen-bond acceptors (Lipinski definition) is 5. The van der Waals surface area contributed by atoms with Gasteiger partial charge in [0.25, 0.3) is 0 Å². The van der Waals surface area contributed by atoms with E-state index < -0.39 is 5.60 Å². The van der Waals surface area contributed by atoms with E-state index in [1.807, 2.05) is 20.8 Å². The molecule has 1 aromatic rings. The summed E-state index contributed by atoms with van der Waals surface area (Å²) in [5.41, 5.74) is -0.444. The van der Waals surface area contributed by atoms with Gasteiger partial charge in [0, 0.05) is 39.1 Å². The first kappa shape index (κ1) is 18.2. The molecule has 3 rings (SSSR count). The van der Waals surface area contributed by atoms with Crippen molar-refractivity contribution in [2.24, 2.45) is 0 Å². The third kappa shape index (κ3) is 4.32. The Hall–Kier alpha value is -1.63. The van der Waals surface area contributed by atoms with Gasteiger partial charge >= 0.3 is 6.09 Å². The van der Waals surface area contributed by atoms with E-state index in [2.05, 4.69) is 26.6 Å². The van der Waals surface area contributed by atoms with Crippen LogP contribution in [0, 0.1) is 0 Å². The summed E-state index contributed by atoms with van der Waals surface area (Å²) < 4.78 is 7.79. The third-order valence-corrected chi connectivity index (χ3v) is 5.03. The molecule has 3 heterocycles. The van der Waals surface area contributed by atoms with Gasteiger partial charge < -0.3 is 14.2 Å². The van der Waals surface area contributed by atoms with Gasteiger partial charge in [-0.15, -0.1) is 10.2 Å². The maximum Gasteiger partial charge on any atom is 0.410 e. The van der Waals surface area contributed by atoms with E-state index in [1.165, 1.54) is 19.3 Å². The summed E-state index contributed by atoms with van der Waals surface area (Å²) in [4.78, 5) is 16.4. The molecule has 140 valence electrons. The van der Waals surface area contributed by atoms with Gasteiger partial charge in [0.05, 0.1) is 6.04 Å². The zero-order chi connectivity index (χ0) is 18.0. The van der Waals surface area contributed by atoms with Crippen LogP contribution in [-0.4, -0.2) is 62.4 Å². The standard InChI is InChI=1S/C18H31N5O2/c1-14(16-20-19-15-8-6-5-7-9-23(15)16)21-10-12-22(13-11-21)17(24)25-18(2,3)4/h14H,5-13H2,1-4H3. The summed E-state index contributed by atoms with van der Waals surface area (Å²) in [6, 6.07) is 0.222. The smallest absolute Gasteiger partial charge is 0.410 e. The number of carbonyl (C=O) groups excluding carboxylic acids is 1. The summed E-state index contributed by atoms with van der Waals surface area (Å²) in [5.74, 6) is 2.20. The van der Waals surface area contributed by atoms with Crippen molar-refractivity contribution in [2.75, 3.05) is 26.2 Å². The number of amides is 1. The van der Waals surface area contributed by atoms with Crippen LogP contribution in [0.25, 0.3) is 0 Å². The second kappa shape index (κ2) is 7.32. The normalized spacial score (nSPS) is 20.7. The molecule has 2 aliphatic rings. The molecular formula is C18H31N5O2. The first-order chi connectivity index (χ1) is 11.8. The highest BCUT2D eigenvalue weighted by atomic mass is 16.6. The SMILES string of the molecule is CC(c1nnc2n1CCCCC2)N1CCN(C(=O)OC(C)(C)C)CC1. The van der Waals surface area contributed by atoms with Crippen molar-refractivity contribution in [3.8, 4) is 0 Å². The van der Waals surface area contributed by atoms with Crippen LogP contribution in [0.3, 0.4) is 0 Å². The number of ether oxygens (including phenoxy) is 1. The summed E-state index contributed by atoms with van der Waals surface area (Å²) >= 11 is 0. The molecule has 1 aromatic heterocycles. The molecule has 0 N–H and O–H groups in total. The topological polar surface area (TPSA) is 63.5 Å². The van der Waals surface area contributed by atoms with E-state index in [-0.39, 0.29) is 12.1 Å². The molecule has 7 nitrogen and oxygen atoms in total. The molecule has 1 saturated heterocycles. The van der Waals surface area contributed by atoms with Crippen molar-refractivity contribution in [1.82, 2.24) is 24.6 Å². The van der Waals surface area contributed by atoms with Crippen molar-refractivity contribution in [3.63, 3.8) is 0 Å². The Kier molecular flexibility index (Phi) is 5.32. The van der Waals surface area contributed by atoms with Crippen LogP contribution in [0.15, 0.2) is 0 Å². The largest absolute Gasteiger partial charge is 0.444 e. The predicted molar refractivity (Wildman–Crippen MR) is 95.4 cm³/mol. The van der Waals surface area contributed by atoms with Crippen LogP contribution in [0.2, 0.25) is 0 Å². The van der Waals surface area contributed by atoms with E-state index >= 15 is 0 Å². The van der Waals surface area contributed by atoms with E-state index in [1.54, 1.807) is 4.90 Å². The van der Waals surface area contributed by atoms with Gasteiger partial charge in [0.1, 0.15) is 17.2 Å². The van der Waals surface area contributed by atoms with Crippen molar-refractivity contribution in [2.45, 2.75) is 71.6 Å². The fourth-order valence-electron chi connectivity index (χ4n) is 3.60. The van der Waals surface area contributed by atoms with Crippen molar-refractivity contribution < 1.29 is 9.53 Å². The minimum absolute atomic E-state index is 0.212. The maximum atomic E-state index is 12.2. The highest BCUT2D eigenvalue weighted by Gasteiger charge is 2.30. The van der Waals surface area contributed by atoms with Crippen LogP contribution in [0.1, 0.15) is 64.6 Å². The monoisotopic (exact) mass is 349 g/mol. The molecule has 7 heteroatoms. The number of carbonyl (C=O) groups is 1. The molecule has 0 aliphatic carbocycles. The molecule has 1 unspecified atom stereocenters. The van der Waals surface area contributed by atoms with Gasteiger partial charge in [0.15, 0.2) is 0 Å². The van der Waals surface area contributed by atoms with Gasteiger partial charge in [-0.3, -0.25) is 4.90 Å². The first-order valence-corrected chi connectivity index (χ1v) is 9.49. The number of piperazine rings is 1. The number of aryl methyl sites for hydroxylation is 1. The average Bonchev–Trinajstić information content (AvgIpc) is 2.81. The number of rotatable bonds is 2. The summed E-state index contributed by atoms with van der Waals surface area (Å²) in [6.45, 7) is 12.0. The highest BCUT2D eigenvalue weighted by molar-refractivity contribution is 5.68. The Morgan fingerprint density at radius 3 is 2.44 bits per heavy atom. The van der Waals surface area contributed by atoms with Crippen LogP contribution < -0.4 is 0 Å². The summed E-state index contributed by atoms with van der Waals surface area (Å²) in [6.07, 6.45) is 4.51. The highest BCUT2D eigenvalue weighted by Crippen LogP contribution is 2.24. The van der Waals surface area contributed by atoms with Gasteiger partial charge in [-0.1, -0.05) is 6.42 Å². The molecule has 1 amide bonds. The fourth-order valence-corrected chi connectivity index (χ4v) is 3.60. The molecule has 0 aromatic carbocycles. The molecule has 0 spiro atoms. The van der Waals surface area contributed by atoms with Gasteiger partial charge in [-0.05, 0) is 40.5 Å². The van der Waals surface area contributed by atoms with Crippen LogP contribution >= 0.6 is 0 Å². The maximum absolute atomic E-state index is 12.2. The molecule has 0 radical (unpaired) electrons. The van der Waals surface area contributed by atoms with Gasteiger partial charge in [0.2, 0.25) is 0 Å². The Bertz CT molecular complexity index is 599. The van der Waals surface area contributed by atoms with Crippen LogP contribution in [0.4, 0.5) is 4.79 Å². The lowest BCUT2D eigenvalue weighted by Gasteiger charge is -2.38. The number of hydrogen-bond donors (Lipinski definition) is 0. The van der Waals surface area contributed by atoms with E-state index in [9.17, 15) is 4.79 Å². The van der Waals surface area contributed by atoms with E-state index in [4.69, 9.17) is 4.74 Å². The molecule has 0 saturated carbocycles. The van der Waals surface area contributed by atoms with Crippen molar-refractivity contribution >= 4 is 6.09 Å². The lowest BCUT2D eigenvalue weighted by molar-refractivity contribution is 0.0105. The Morgan fingerprint density at radius 2 is 1.76 bits per heavy atom. The lowest BCUT2D eigenvalue weighted by Crippen LogP contribution is -2.50. The molecule has 25 heavy (non-hydrogen) atoms. The summed E-state index contributed by atoms with van der Waals surface area (Å²) in [5, 5.41) is 8.90. The summed E-state index contributed by atoms with van der Waals surface area (Å²) in [7, 11) is 0. The Morgan fingerprint density at radius 1 is 1.04 bits per heavy atom. The van der Waals surface area contributed by atoms with Crippen LogP contribution in [-0.2, 0) is 17.7 Å². The second-order valence-corrected chi connectivity index (χ2v) is 8.12. The lowest BCUT2D eigenvalue weighted by atomic mass is 10.2. The Balaban J connectivity index is 1.60. The zero-order valence-corrected chi connectivity index (χ0v) is 16.0. The number of aromatic nitrogens is 3. The van der Waals surface area contributed by atoms with E-state index in [0.29, 0.717) is 13.1 Å². The first-order valence-electron chi connectivity index (χ1n) is 9.49. The minimum Gasteiger partial charge on any atom is -0.444 e. The van der Waals surface area contributed by atoms with Gasteiger partial charge in [-0.2, -0.15) is 0 Å². The zero-order valence-electron chi connectivity index (χ0n) is 16.0. The minimum atomic E-state index is -0.444. The van der Waals surface area contributed by atoms with Crippen molar-refractivity contribution in [1.29, 1.82) is 0 Å². The quantitative estimate of drug-likeness (QED) is 0.821. The van der Waals surface area contributed by atoms with Crippen molar-refractivity contribution in [3.05, 3.63) is 11.6 Å². The van der Waals surface area contributed by atoms with Gasteiger partial charge in [-0.25, -0.2) is 4.79 Å². The predicted octanol–water partition coefficient (Wildman–Crippen LogP) is 2.62. The third-order valence-electron chi connectivity index (χ3n) is 5.03. The molecular weight excluding hydrogens is 318 g/mol. The van der Waals surface area contributed by atoms with E-state index in [0.717, 1.165) is 37.7 Å². The molecule has 0 bridgehead atoms. The molecule has 1 fully saturated rings. The molecule has 1 atom stereocenters. The fraction of sp³-hybridized carbons (Fsp3) is 0.833.